The maximum absolute atomic E-state index is 12.1. The molecule has 0 radical (unpaired) electrons. The molecule has 0 aliphatic rings. The zero-order valence-electron chi connectivity index (χ0n) is 13.0. The third-order valence-corrected chi connectivity index (χ3v) is 3.48. The Morgan fingerprint density at radius 3 is 2.70 bits per heavy atom. The summed E-state index contributed by atoms with van der Waals surface area (Å²) < 4.78 is 0. The summed E-state index contributed by atoms with van der Waals surface area (Å²) in [5.74, 6) is -2.34. The fraction of sp³-hybridized carbons (Fsp3) is 0.211. The molecule has 0 aliphatic carbocycles. The van der Waals surface area contributed by atoms with Crippen LogP contribution in [0.15, 0.2) is 48.5 Å². The van der Waals surface area contributed by atoms with E-state index in [1.165, 1.54) is 6.08 Å². The monoisotopic (exact) mass is 306 g/mol. The molecule has 2 rings (SSSR count). The van der Waals surface area contributed by atoms with Crippen LogP contribution >= 0.6 is 0 Å². The van der Waals surface area contributed by atoms with Crippen molar-refractivity contribution in [2.45, 2.75) is 13.3 Å². The van der Waals surface area contributed by atoms with Gasteiger partial charge in [0.25, 0.3) is 0 Å². The molecule has 0 saturated carbocycles. The molecular weight excluding hydrogens is 288 g/mol. The third kappa shape index (κ3) is 4.04. The van der Waals surface area contributed by atoms with Crippen molar-refractivity contribution in [2.75, 3.05) is 6.54 Å². The second kappa shape index (κ2) is 7.90. The fourth-order valence-electron chi connectivity index (χ4n) is 2.27. The van der Waals surface area contributed by atoms with Crippen LogP contribution in [0, 0.1) is 17.2 Å². The highest BCUT2D eigenvalue weighted by molar-refractivity contribution is 6.11. The van der Waals surface area contributed by atoms with Crippen molar-refractivity contribution in [1.82, 2.24) is 5.32 Å². The summed E-state index contributed by atoms with van der Waals surface area (Å²) in [5, 5.41) is 13.7. The van der Waals surface area contributed by atoms with Crippen LogP contribution in [-0.2, 0) is 9.59 Å². The lowest BCUT2D eigenvalue weighted by Crippen LogP contribution is -2.34. The molecule has 0 spiro atoms. The molecule has 0 fully saturated rings. The number of amides is 1. The van der Waals surface area contributed by atoms with E-state index in [4.69, 9.17) is 5.26 Å². The Kier molecular flexibility index (Phi) is 5.65. The highest BCUT2D eigenvalue weighted by Crippen LogP contribution is 2.19. The predicted molar refractivity (Wildman–Crippen MR) is 90.4 cm³/mol. The van der Waals surface area contributed by atoms with Gasteiger partial charge in [-0.3, -0.25) is 9.59 Å². The Labute approximate surface area is 135 Å². The summed E-state index contributed by atoms with van der Waals surface area (Å²) >= 11 is 0. The molecule has 0 heterocycles. The van der Waals surface area contributed by atoms with Crippen molar-refractivity contribution in [1.29, 1.82) is 5.26 Å². The summed E-state index contributed by atoms with van der Waals surface area (Å²) in [6.45, 7) is 2.36. The summed E-state index contributed by atoms with van der Waals surface area (Å²) in [7, 11) is 0. The lowest BCUT2D eigenvalue weighted by molar-refractivity contribution is -0.129. The molecule has 2 aromatic rings. The van der Waals surface area contributed by atoms with Gasteiger partial charge in [0.2, 0.25) is 5.91 Å². The minimum atomic E-state index is -1.30. The topological polar surface area (TPSA) is 70.0 Å². The highest BCUT2D eigenvalue weighted by Gasteiger charge is 2.23. The van der Waals surface area contributed by atoms with Gasteiger partial charge in [-0.1, -0.05) is 55.5 Å². The van der Waals surface area contributed by atoms with Crippen molar-refractivity contribution in [3.8, 4) is 6.07 Å². The van der Waals surface area contributed by atoms with Crippen LogP contribution in [0.1, 0.15) is 18.9 Å². The Morgan fingerprint density at radius 1 is 1.22 bits per heavy atom. The van der Waals surface area contributed by atoms with Gasteiger partial charge in [0.1, 0.15) is 0 Å². The summed E-state index contributed by atoms with van der Waals surface area (Å²) in [5.41, 5.74) is 0.877. The second-order valence-corrected chi connectivity index (χ2v) is 5.16. The molecule has 0 aromatic heterocycles. The Balaban J connectivity index is 2.19. The smallest absolute Gasteiger partial charge is 0.245 e. The van der Waals surface area contributed by atoms with Crippen molar-refractivity contribution >= 4 is 28.5 Å². The van der Waals surface area contributed by atoms with Gasteiger partial charge in [-0.25, -0.2) is 0 Å². The third-order valence-electron chi connectivity index (χ3n) is 3.48. The molecule has 4 nitrogen and oxygen atoms in total. The first kappa shape index (κ1) is 16.4. The average molecular weight is 306 g/mol. The van der Waals surface area contributed by atoms with E-state index >= 15 is 0 Å². The van der Waals surface area contributed by atoms with E-state index < -0.39 is 17.6 Å². The van der Waals surface area contributed by atoms with Gasteiger partial charge >= 0.3 is 0 Å². The molecule has 1 atom stereocenters. The molecule has 116 valence electrons. The molecule has 1 N–H and O–H groups in total. The number of rotatable bonds is 6. The number of nitriles is 1. The van der Waals surface area contributed by atoms with Crippen molar-refractivity contribution in [2.24, 2.45) is 5.92 Å². The summed E-state index contributed by atoms with van der Waals surface area (Å²) in [4.78, 5) is 23.9. The van der Waals surface area contributed by atoms with E-state index in [0.29, 0.717) is 6.54 Å². The molecule has 0 saturated heterocycles. The maximum Gasteiger partial charge on any atom is 0.245 e. The van der Waals surface area contributed by atoms with Gasteiger partial charge in [-0.05, 0) is 28.8 Å². The number of benzene rings is 2. The Morgan fingerprint density at radius 2 is 1.96 bits per heavy atom. The summed E-state index contributed by atoms with van der Waals surface area (Å²) in [6.07, 6.45) is 3.72. The van der Waals surface area contributed by atoms with Crippen LogP contribution in [0.3, 0.4) is 0 Å². The van der Waals surface area contributed by atoms with Crippen molar-refractivity contribution in [3.63, 3.8) is 0 Å². The van der Waals surface area contributed by atoms with Crippen molar-refractivity contribution in [3.05, 3.63) is 54.1 Å². The zero-order valence-corrected chi connectivity index (χ0v) is 13.0. The minimum absolute atomic E-state index is 0.456. The number of hydrogen-bond donors (Lipinski definition) is 1. The summed E-state index contributed by atoms with van der Waals surface area (Å²) in [6, 6.07) is 15.4. The van der Waals surface area contributed by atoms with Gasteiger partial charge in [-0.2, -0.15) is 5.26 Å². The SMILES string of the molecule is CCCNC(=O)C(C#N)C(=O)C=Cc1cccc2ccccc12. The van der Waals surface area contributed by atoms with E-state index in [9.17, 15) is 9.59 Å². The Hall–Kier alpha value is -2.93. The van der Waals surface area contributed by atoms with E-state index in [-0.39, 0.29) is 0 Å². The number of ketones is 1. The lowest BCUT2D eigenvalue weighted by atomic mass is 10.0. The number of nitrogens with one attached hydrogen (secondary N) is 1. The quantitative estimate of drug-likeness (QED) is 0.658. The van der Waals surface area contributed by atoms with Crippen LogP contribution in [0.5, 0.6) is 0 Å². The molecule has 1 unspecified atom stereocenters. The van der Waals surface area contributed by atoms with E-state index in [0.717, 1.165) is 22.8 Å². The van der Waals surface area contributed by atoms with Crippen LogP contribution in [-0.4, -0.2) is 18.2 Å². The first-order valence-electron chi connectivity index (χ1n) is 7.54. The van der Waals surface area contributed by atoms with Gasteiger partial charge < -0.3 is 5.32 Å². The van der Waals surface area contributed by atoms with E-state index in [1.807, 2.05) is 49.4 Å². The van der Waals surface area contributed by atoms with Crippen LogP contribution in [0.2, 0.25) is 0 Å². The second-order valence-electron chi connectivity index (χ2n) is 5.16. The molecule has 23 heavy (non-hydrogen) atoms. The average Bonchev–Trinajstić information content (AvgIpc) is 2.58. The van der Waals surface area contributed by atoms with Crippen LogP contribution in [0.4, 0.5) is 0 Å². The standard InChI is InChI=1S/C19H18N2O2/c1-2-12-21-19(23)17(13-20)18(22)11-10-15-8-5-7-14-6-3-4-9-16(14)15/h3-11,17H,2,12H2,1H3,(H,21,23). The van der Waals surface area contributed by atoms with Gasteiger partial charge in [0.15, 0.2) is 11.7 Å². The fourth-order valence-corrected chi connectivity index (χ4v) is 2.27. The van der Waals surface area contributed by atoms with Crippen molar-refractivity contribution < 1.29 is 9.59 Å². The van der Waals surface area contributed by atoms with Crippen LogP contribution < -0.4 is 5.32 Å². The molecule has 1 amide bonds. The molecule has 4 heteroatoms. The lowest BCUT2D eigenvalue weighted by Gasteiger charge is -2.06. The van der Waals surface area contributed by atoms with E-state index in [2.05, 4.69) is 5.32 Å². The molecule has 0 bridgehead atoms. The Bertz CT molecular complexity index is 782. The normalized spacial score (nSPS) is 12.0. The minimum Gasteiger partial charge on any atom is -0.355 e. The number of carbonyl (C=O) groups is 2. The zero-order chi connectivity index (χ0) is 16.7. The number of nitrogens with zero attached hydrogens (tertiary/aromatic N) is 1. The predicted octanol–water partition coefficient (Wildman–Crippen LogP) is 3.09. The number of hydrogen-bond acceptors (Lipinski definition) is 3. The first-order chi connectivity index (χ1) is 11.2. The van der Waals surface area contributed by atoms with Gasteiger partial charge in [0.05, 0.1) is 6.07 Å². The number of allylic oxidation sites excluding steroid dienone is 1. The van der Waals surface area contributed by atoms with Gasteiger partial charge in [0, 0.05) is 6.54 Å². The molecule has 2 aromatic carbocycles. The largest absolute Gasteiger partial charge is 0.355 e. The highest BCUT2D eigenvalue weighted by atomic mass is 16.2. The first-order valence-corrected chi connectivity index (χ1v) is 7.54. The van der Waals surface area contributed by atoms with E-state index in [1.54, 1.807) is 12.1 Å². The number of carbonyl (C=O) groups excluding carboxylic acids is 2. The van der Waals surface area contributed by atoms with Crippen LogP contribution in [0.25, 0.3) is 16.8 Å². The molecule has 0 aliphatic heterocycles. The van der Waals surface area contributed by atoms with Gasteiger partial charge in [-0.15, -0.1) is 0 Å². The molecular formula is C19H18N2O2. The number of fused-ring (bicyclic) bond motifs is 1. The maximum atomic E-state index is 12.1.